The van der Waals surface area contributed by atoms with Gasteiger partial charge in [-0.25, -0.2) is 0 Å². The zero-order chi connectivity index (χ0) is 11.5. The van der Waals surface area contributed by atoms with E-state index in [0.29, 0.717) is 6.04 Å². The highest BCUT2D eigenvalue weighted by molar-refractivity contribution is 9.10. The standard InChI is InChI=1S/C12H19BrN2/c1-5-15-11(12(2,3)4)9-6-10(13)8-14-7-9/h6-8,11,15H,5H2,1-4H3. The number of pyridine rings is 1. The summed E-state index contributed by atoms with van der Waals surface area (Å²) in [5.41, 5.74) is 1.43. The lowest BCUT2D eigenvalue weighted by Gasteiger charge is -2.31. The first-order valence-electron chi connectivity index (χ1n) is 5.29. The van der Waals surface area contributed by atoms with Gasteiger partial charge in [0.1, 0.15) is 0 Å². The number of aromatic nitrogens is 1. The Morgan fingerprint density at radius 1 is 1.40 bits per heavy atom. The average Bonchev–Trinajstić information content (AvgIpc) is 2.12. The fourth-order valence-electron chi connectivity index (χ4n) is 1.71. The Bertz CT molecular complexity index is 318. The molecule has 2 nitrogen and oxygen atoms in total. The van der Waals surface area contributed by atoms with Crippen LogP contribution in [0.4, 0.5) is 0 Å². The smallest absolute Gasteiger partial charge is 0.0410 e. The maximum Gasteiger partial charge on any atom is 0.0410 e. The fourth-order valence-corrected chi connectivity index (χ4v) is 2.10. The second-order valence-electron chi connectivity index (χ2n) is 4.79. The number of nitrogens with zero attached hydrogens (tertiary/aromatic N) is 1. The summed E-state index contributed by atoms with van der Waals surface area (Å²) >= 11 is 3.46. The molecule has 3 heteroatoms. The highest BCUT2D eigenvalue weighted by Crippen LogP contribution is 2.33. The second-order valence-corrected chi connectivity index (χ2v) is 5.71. The Morgan fingerprint density at radius 3 is 2.53 bits per heavy atom. The fraction of sp³-hybridized carbons (Fsp3) is 0.583. The van der Waals surface area contributed by atoms with E-state index in [0.717, 1.165) is 11.0 Å². The summed E-state index contributed by atoms with van der Waals surface area (Å²) in [6.45, 7) is 9.81. The van der Waals surface area contributed by atoms with Crippen molar-refractivity contribution >= 4 is 15.9 Å². The molecule has 0 aromatic carbocycles. The zero-order valence-electron chi connectivity index (χ0n) is 9.84. The van der Waals surface area contributed by atoms with Gasteiger partial charge in [0.15, 0.2) is 0 Å². The van der Waals surface area contributed by atoms with Crippen molar-refractivity contribution in [2.45, 2.75) is 33.7 Å². The summed E-state index contributed by atoms with van der Waals surface area (Å²) in [5.74, 6) is 0. The molecule has 1 unspecified atom stereocenters. The molecule has 0 saturated carbocycles. The molecule has 0 aliphatic carbocycles. The molecule has 0 spiro atoms. The van der Waals surface area contributed by atoms with E-state index in [-0.39, 0.29) is 5.41 Å². The average molecular weight is 271 g/mol. The van der Waals surface area contributed by atoms with Crippen molar-refractivity contribution < 1.29 is 0 Å². The van der Waals surface area contributed by atoms with E-state index in [1.807, 2.05) is 12.4 Å². The first kappa shape index (κ1) is 12.7. The summed E-state index contributed by atoms with van der Waals surface area (Å²) in [6.07, 6.45) is 3.75. The Balaban J connectivity index is 2.99. The number of halogens is 1. The van der Waals surface area contributed by atoms with Gasteiger partial charge < -0.3 is 5.32 Å². The number of nitrogens with one attached hydrogen (secondary N) is 1. The van der Waals surface area contributed by atoms with Crippen LogP contribution in [0.2, 0.25) is 0 Å². The third-order valence-electron chi connectivity index (χ3n) is 2.33. The van der Waals surface area contributed by atoms with Gasteiger partial charge in [-0.05, 0) is 39.5 Å². The highest BCUT2D eigenvalue weighted by atomic mass is 79.9. The molecule has 0 fully saturated rings. The molecule has 0 radical (unpaired) electrons. The van der Waals surface area contributed by atoms with Crippen LogP contribution in [-0.4, -0.2) is 11.5 Å². The van der Waals surface area contributed by atoms with E-state index < -0.39 is 0 Å². The summed E-state index contributed by atoms with van der Waals surface area (Å²) < 4.78 is 1.03. The Hall–Kier alpha value is -0.410. The molecular formula is C12H19BrN2. The first-order valence-corrected chi connectivity index (χ1v) is 6.08. The van der Waals surface area contributed by atoms with Crippen molar-refractivity contribution in [2.24, 2.45) is 5.41 Å². The van der Waals surface area contributed by atoms with E-state index in [9.17, 15) is 0 Å². The summed E-state index contributed by atoms with van der Waals surface area (Å²) in [5, 5.41) is 3.51. The van der Waals surface area contributed by atoms with Crippen LogP contribution in [0.5, 0.6) is 0 Å². The highest BCUT2D eigenvalue weighted by Gasteiger charge is 2.25. The molecule has 1 aromatic rings. The lowest BCUT2D eigenvalue weighted by Crippen LogP contribution is -2.32. The lowest BCUT2D eigenvalue weighted by molar-refractivity contribution is 0.276. The van der Waals surface area contributed by atoms with Crippen molar-refractivity contribution in [3.8, 4) is 0 Å². The molecule has 15 heavy (non-hydrogen) atoms. The van der Waals surface area contributed by atoms with Crippen molar-refractivity contribution in [1.82, 2.24) is 10.3 Å². The van der Waals surface area contributed by atoms with Crippen LogP contribution in [0.15, 0.2) is 22.9 Å². The van der Waals surface area contributed by atoms with Crippen LogP contribution in [-0.2, 0) is 0 Å². The topological polar surface area (TPSA) is 24.9 Å². The molecule has 1 heterocycles. The number of hydrogen-bond acceptors (Lipinski definition) is 2. The van der Waals surface area contributed by atoms with E-state index in [1.54, 1.807) is 0 Å². The van der Waals surface area contributed by atoms with Crippen LogP contribution < -0.4 is 5.32 Å². The monoisotopic (exact) mass is 270 g/mol. The van der Waals surface area contributed by atoms with Gasteiger partial charge in [0.05, 0.1) is 0 Å². The van der Waals surface area contributed by atoms with Crippen LogP contribution in [0, 0.1) is 5.41 Å². The minimum atomic E-state index is 0.193. The minimum absolute atomic E-state index is 0.193. The molecule has 0 bridgehead atoms. The Labute approximate surface area is 101 Å². The van der Waals surface area contributed by atoms with Gasteiger partial charge in [0.25, 0.3) is 0 Å². The van der Waals surface area contributed by atoms with Gasteiger partial charge in [-0.3, -0.25) is 4.98 Å². The van der Waals surface area contributed by atoms with E-state index in [2.05, 4.69) is 60.0 Å². The summed E-state index contributed by atoms with van der Waals surface area (Å²) in [7, 11) is 0. The Kier molecular flexibility index (Phi) is 4.29. The minimum Gasteiger partial charge on any atom is -0.310 e. The maximum atomic E-state index is 4.21. The molecule has 1 aromatic heterocycles. The molecular weight excluding hydrogens is 252 g/mol. The van der Waals surface area contributed by atoms with Crippen LogP contribution >= 0.6 is 15.9 Å². The van der Waals surface area contributed by atoms with Gasteiger partial charge in [0.2, 0.25) is 0 Å². The predicted octanol–water partition coefficient (Wildman–Crippen LogP) is 3.54. The van der Waals surface area contributed by atoms with Crippen molar-refractivity contribution in [3.63, 3.8) is 0 Å². The van der Waals surface area contributed by atoms with Gasteiger partial charge in [-0.15, -0.1) is 0 Å². The van der Waals surface area contributed by atoms with Crippen molar-refractivity contribution in [3.05, 3.63) is 28.5 Å². The predicted molar refractivity (Wildman–Crippen MR) is 67.8 cm³/mol. The van der Waals surface area contributed by atoms with Crippen molar-refractivity contribution in [1.29, 1.82) is 0 Å². The van der Waals surface area contributed by atoms with E-state index in [1.165, 1.54) is 5.56 Å². The molecule has 0 saturated heterocycles. The van der Waals surface area contributed by atoms with E-state index in [4.69, 9.17) is 0 Å². The molecule has 1 rings (SSSR count). The summed E-state index contributed by atoms with van der Waals surface area (Å²) in [6, 6.07) is 2.47. The molecule has 1 atom stereocenters. The van der Waals surface area contributed by atoms with Gasteiger partial charge in [-0.1, -0.05) is 27.7 Å². The van der Waals surface area contributed by atoms with Crippen molar-refractivity contribution in [2.75, 3.05) is 6.54 Å². The Morgan fingerprint density at radius 2 is 2.07 bits per heavy atom. The largest absolute Gasteiger partial charge is 0.310 e. The quantitative estimate of drug-likeness (QED) is 0.909. The molecule has 84 valence electrons. The number of rotatable bonds is 3. The molecule has 1 N–H and O–H groups in total. The van der Waals surface area contributed by atoms with Crippen LogP contribution in [0.3, 0.4) is 0 Å². The zero-order valence-corrected chi connectivity index (χ0v) is 11.4. The van der Waals surface area contributed by atoms with Crippen LogP contribution in [0.1, 0.15) is 39.3 Å². The third kappa shape index (κ3) is 3.58. The number of hydrogen-bond donors (Lipinski definition) is 1. The SMILES string of the molecule is CCNC(c1cncc(Br)c1)C(C)(C)C. The molecule has 0 aliphatic heterocycles. The third-order valence-corrected chi connectivity index (χ3v) is 2.77. The van der Waals surface area contributed by atoms with Crippen LogP contribution in [0.25, 0.3) is 0 Å². The van der Waals surface area contributed by atoms with E-state index >= 15 is 0 Å². The summed E-state index contributed by atoms with van der Waals surface area (Å²) in [4.78, 5) is 4.21. The first-order chi connectivity index (χ1) is 6.95. The van der Waals surface area contributed by atoms with Gasteiger partial charge in [0, 0.05) is 22.9 Å². The lowest BCUT2D eigenvalue weighted by atomic mass is 9.83. The second kappa shape index (κ2) is 5.08. The van der Waals surface area contributed by atoms with Gasteiger partial charge in [-0.2, -0.15) is 0 Å². The maximum absolute atomic E-state index is 4.21. The molecule has 0 aliphatic rings. The van der Waals surface area contributed by atoms with Gasteiger partial charge >= 0.3 is 0 Å². The molecule has 0 amide bonds. The normalized spacial score (nSPS) is 13.9.